The Hall–Kier alpha value is -1.62. The molecule has 0 bridgehead atoms. The minimum Gasteiger partial charge on any atom is -0.462 e. The average Bonchev–Trinajstić information content (AvgIpc) is 3.13. The maximum atomic E-state index is 12.5. The van der Waals surface area contributed by atoms with Crippen LogP contribution in [0.1, 0.15) is 72.6 Å². The second kappa shape index (κ2) is 11.9. The molecule has 0 amide bonds. The number of carbonyl (C=O) groups excluding carboxylic acids is 2. The Bertz CT molecular complexity index is 514. The van der Waals surface area contributed by atoms with Crippen LogP contribution >= 0.6 is 0 Å². The quantitative estimate of drug-likeness (QED) is 0.301. The van der Waals surface area contributed by atoms with E-state index >= 15 is 0 Å². The van der Waals surface area contributed by atoms with Gasteiger partial charge in [-0.1, -0.05) is 39.7 Å². The zero-order valence-electron chi connectivity index (χ0n) is 16.8. The van der Waals surface area contributed by atoms with Gasteiger partial charge in [0.25, 0.3) is 0 Å². The van der Waals surface area contributed by atoms with Gasteiger partial charge in [0.1, 0.15) is 5.76 Å². The van der Waals surface area contributed by atoms with E-state index in [1.54, 1.807) is 13.8 Å². The molecule has 1 rings (SSSR count). The second-order valence-corrected chi connectivity index (χ2v) is 7.07. The summed E-state index contributed by atoms with van der Waals surface area (Å²) < 4.78 is 16.5. The fraction of sp³-hybridized carbons (Fsp3) is 0.714. The third-order valence-corrected chi connectivity index (χ3v) is 4.72. The summed E-state index contributed by atoms with van der Waals surface area (Å²) in [5, 5.41) is 0. The fourth-order valence-corrected chi connectivity index (χ4v) is 2.80. The van der Waals surface area contributed by atoms with Crippen LogP contribution in [0.3, 0.4) is 0 Å². The van der Waals surface area contributed by atoms with E-state index in [1.165, 1.54) is 0 Å². The SMILES string of the molecule is C=C(C)C(=O)O/C(CC1CCCO1)=C(/C)C(=O)OCC(CC)CCCC. The summed E-state index contributed by atoms with van der Waals surface area (Å²) in [4.78, 5) is 24.4. The number of unbranched alkanes of at least 4 members (excludes halogenated alkanes) is 1. The van der Waals surface area contributed by atoms with E-state index in [1.807, 2.05) is 0 Å². The molecule has 148 valence electrons. The minimum absolute atomic E-state index is 0.0291. The van der Waals surface area contributed by atoms with E-state index in [4.69, 9.17) is 14.2 Å². The lowest BCUT2D eigenvalue weighted by Crippen LogP contribution is -2.19. The van der Waals surface area contributed by atoms with Gasteiger partial charge in [0.2, 0.25) is 0 Å². The molecule has 0 aromatic heterocycles. The van der Waals surface area contributed by atoms with Gasteiger partial charge in [0.15, 0.2) is 0 Å². The maximum Gasteiger partial charge on any atom is 0.338 e. The monoisotopic (exact) mass is 366 g/mol. The third-order valence-electron chi connectivity index (χ3n) is 4.72. The van der Waals surface area contributed by atoms with Crippen molar-refractivity contribution in [2.45, 2.75) is 78.7 Å². The maximum absolute atomic E-state index is 12.5. The highest BCUT2D eigenvalue weighted by Gasteiger charge is 2.24. The predicted octanol–water partition coefficient (Wildman–Crippen LogP) is 4.71. The van der Waals surface area contributed by atoms with Gasteiger partial charge in [0.05, 0.1) is 18.3 Å². The molecule has 5 nitrogen and oxygen atoms in total. The van der Waals surface area contributed by atoms with Gasteiger partial charge in [-0.25, -0.2) is 9.59 Å². The fourth-order valence-electron chi connectivity index (χ4n) is 2.80. The first kappa shape index (κ1) is 22.4. The predicted molar refractivity (Wildman–Crippen MR) is 101 cm³/mol. The Morgan fingerprint density at radius 3 is 2.50 bits per heavy atom. The number of rotatable bonds is 11. The summed E-state index contributed by atoms with van der Waals surface area (Å²) in [5.41, 5.74) is 0.627. The van der Waals surface area contributed by atoms with Crippen molar-refractivity contribution in [1.82, 2.24) is 0 Å². The molecule has 0 spiro atoms. The van der Waals surface area contributed by atoms with Gasteiger partial charge >= 0.3 is 11.9 Å². The van der Waals surface area contributed by atoms with Crippen LogP contribution in [0.25, 0.3) is 0 Å². The van der Waals surface area contributed by atoms with E-state index in [9.17, 15) is 9.59 Å². The van der Waals surface area contributed by atoms with Gasteiger partial charge in [-0.15, -0.1) is 0 Å². The molecule has 2 unspecified atom stereocenters. The number of carbonyl (C=O) groups is 2. The van der Waals surface area contributed by atoms with E-state index in [2.05, 4.69) is 20.4 Å². The summed E-state index contributed by atoms with van der Waals surface area (Å²) in [6, 6.07) is 0. The molecule has 2 atom stereocenters. The highest BCUT2D eigenvalue weighted by Crippen LogP contribution is 2.24. The molecule has 0 N–H and O–H groups in total. The van der Waals surface area contributed by atoms with Crippen molar-refractivity contribution in [2.75, 3.05) is 13.2 Å². The lowest BCUT2D eigenvalue weighted by molar-refractivity contribution is -0.141. The van der Waals surface area contributed by atoms with E-state index in [-0.39, 0.29) is 6.10 Å². The molecule has 1 heterocycles. The highest BCUT2D eigenvalue weighted by atomic mass is 16.6. The van der Waals surface area contributed by atoms with Gasteiger partial charge in [-0.05, 0) is 39.0 Å². The average molecular weight is 366 g/mol. The van der Waals surface area contributed by atoms with Crippen LogP contribution < -0.4 is 0 Å². The Labute approximate surface area is 157 Å². The van der Waals surface area contributed by atoms with Crippen LogP contribution in [0.15, 0.2) is 23.5 Å². The molecular weight excluding hydrogens is 332 g/mol. The topological polar surface area (TPSA) is 61.8 Å². The van der Waals surface area contributed by atoms with Crippen LogP contribution in [0.2, 0.25) is 0 Å². The molecule has 1 aliphatic rings. The molecule has 0 aliphatic carbocycles. The molecule has 26 heavy (non-hydrogen) atoms. The molecule has 0 aromatic carbocycles. The molecule has 5 heteroatoms. The molecular formula is C21H34O5. The van der Waals surface area contributed by atoms with E-state index in [0.29, 0.717) is 42.5 Å². The Morgan fingerprint density at radius 1 is 1.23 bits per heavy atom. The summed E-state index contributed by atoms with van der Waals surface area (Å²) in [7, 11) is 0. The zero-order chi connectivity index (χ0) is 19.5. The molecule has 0 saturated carbocycles. The van der Waals surface area contributed by atoms with Crippen molar-refractivity contribution >= 4 is 11.9 Å². The standard InChI is InChI=1S/C21H34O5/c1-6-8-10-17(7-2)14-25-21(23)16(5)19(26-20(22)15(3)4)13-18-11-9-12-24-18/h17-18H,3,6-14H2,1-2,4-5H3/b19-16-. The van der Waals surface area contributed by atoms with Gasteiger partial charge in [-0.3, -0.25) is 0 Å². The zero-order valence-corrected chi connectivity index (χ0v) is 16.8. The largest absolute Gasteiger partial charge is 0.462 e. The van der Waals surface area contributed by atoms with Crippen molar-refractivity contribution in [3.8, 4) is 0 Å². The molecule has 1 saturated heterocycles. The first-order valence-corrected chi connectivity index (χ1v) is 9.75. The van der Waals surface area contributed by atoms with Gasteiger partial charge in [0, 0.05) is 18.6 Å². The van der Waals surface area contributed by atoms with E-state index < -0.39 is 11.9 Å². The van der Waals surface area contributed by atoms with Crippen LogP contribution in [0.4, 0.5) is 0 Å². The van der Waals surface area contributed by atoms with Crippen LogP contribution in [0, 0.1) is 5.92 Å². The smallest absolute Gasteiger partial charge is 0.338 e. The number of hydrogen-bond acceptors (Lipinski definition) is 5. The first-order chi connectivity index (χ1) is 12.4. The van der Waals surface area contributed by atoms with Crippen molar-refractivity contribution in [2.24, 2.45) is 5.92 Å². The van der Waals surface area contributed by atoms with Crippen LogP contribution in [0.5, 0.6) is 0 Å². The Balaban J connectivity index is 2.77. The summed E-state index contributed by atoms with van der Waals surface area (Å²) in [6.07, 6.45) is 6.53. The molecule has 0 aromatic rings. The highest BCUT2D eigenvalue weighted by molar-refractivity contribution is 5.91. The van der Waals surface area contributed by atoms with Crippen molar-refractivity contribution in [1.29, 1.82) is 0 Å². The number of hydrogen-bond donors (Lipinski definition) is 0. The third kappa shape index (κ3) is 7.73. The second-order valence-electron chi connectivity index (χ2n) is 7.07. The van der Waals surface area contributed by atoms with Gasteiger partial charge in [-0.2, -0.15) is 0 Å². The molecule has 1 aliphatic heterocycles. The first-order valence-electron chi connectivity index (χ1n) is 9.75. The normalized spacial score (nSPS) is 18.8. The molecule has 1 fully saturated rings. The Morgan fingerprint density at radius 2 is 1.96 bits per heavy atom. The van der Waals surface area contributed by atoms with E-state index in [0.717, 1.165) is 38.5 Å². The Kier molecular flexibility index (Phi) is 10.3. The summed E-state index contributed by atoms with van der Waals surface area (Å²) in [5.74, 6) is -0.259. The van der Waals surface area contributed by atoms with Crippen LogP contribution in [-0.2, 0) is 23.8 Å². The van der Waals surface area contributed by atoms with Crippen molar-refractivity contribution in [3.05, 3.63) is 23.5 Å². The van der Waals surface area contributed by atoms with Crippen molar-refractivity contribution in [3.63, 3.8) is 0 Å². The molecule has 0 radical (unpaired) electrons. The lowest BCUT2D eigenvalue weighted by atomic mass is 10.0. The number of ether oxygens (including phenoxy) is 3. The van der Waals surface area contributed by atoms with Gasteiger partial charge < -0.3 is 14.2 Å². The summed E-state index contributed by atoms with van der Waals surface area (Å²) in [6.45, 7) is 12.2. The van der Waals surface area contributed by atoms with Crippen LogP contribution in [-0.4, -0.2) is 31.3 Å². The lowest BCUT2D eigenvalue weighted by Gasteiger charge is -2.18. The summed E-state index contributed by atoms with van der Waals surface area (Å²) >= 11 is 0. The minimum atomic E-state index is -0.528. The van der Waals surface area contributed by atoms with Crippen molar-refractivity contribution < 1.29 is 23.8 Å². The number of esters is 2.